The van der Waals surface area contributed by atoms with Gasteiger partial charge < -0.3 is 10.6 Å². The number of nitrogens with zero attached hydrogens (tertiary/aromatic N) is 4. The van der Waals surface area contributed by atoms with Crippen LogP contribution in [0, 0.1) is 11.1 Å². The molecule has 0 bridgehead atoms. The molecule has 0 aromatic heterocycles. The third-order valence-corrected chi connectivity index (χ3v) is 3.54. The zero-order valence-electron chi connectivity index (χ0n) is 14.3. The van der Waals surface area contributed by atoms with E-state index in [1.54, 1.807) is 48.5 Å². The summed E-state index contributed by atoms with van der Waals surface area (Å²) in [6, 6.07) is 13.2. The number of hydrogen-bond donors (Lipinski definition) is 4. The lowest BCUT2D eigenvalue weighted by Gasteiger charge is -2.07. The van der Waals surface area contributed by atoms with E-state index >= 15 is 0 Å². The SMILES string of the molecule is N=[N+]=Nc1ccccc1C(=O)NCCCNC(=O)c1ccccc1N=[N+]=N. The Kier molecular flexibility index (Phi) is 7.23. The normalized spacial score (nSPS) is 9.48. The lowest BCUT2D eigenvalue weighted by Crippen LogP contribution is -2.30. The van der Waals surface area contributed by atoms with Crippen LogP contribution >= 0.6 is 0 Å². The van der Waals surface area contributed by atoms with Gasteiger partial charge in [-0.05, 0) is 30.7 Å². The van der Waals surface area contributed by atoms with Crippen LogP contribution in [0.2, 0.25) is 0 Å². The molecule has 4 N–H and O–H groups in total. The van der Waals surface area contributed by atoms with Crippen molar-refractivity contribution in [3.8, 4) is 0 Å². The van der Waals surface area contributed by atoms with Gasteiger partial charge in [0.2, 0.25) is 9.82 Å². The van der Waals surface area contributed by atoms with Crippen LogP contribution in [0.1, 0.15) is 27.1 Å². The lowest BCUT2D eigenvalue weighted by atomic mass is 10.1. The van der Waals surface area contributed by atoms with Gasteiger partial charge in [-0.3, -0.25) is 9.59 Å². The second kappa shape index (κ2) is 10.1. The Morgan fingerprint density at radius 1 is 0.778 bits per heavy atom. The minimum absolute atomic E-state index is 0.318. The van der Waals surface area contributed by atoms with Gasteiger partial charge in [0.25, 0.3) is 11.8 Å². The van der Waals surface area contributed by atoms with Crippen molar-refractivity contribution >= 4 is 23.2 Å². The summed E-state index contributed by atoms with van der Waals surface area (Å²) in [6.07, 6.45) is 0.516. The smallest absolute Gasteiger partial charge is 0.253 e. The minimum Gasteiger partial charge on any atom is -0.352 e. The first-order valence-electron chi connectivity index (χ1n) is 8.06. The number of carbonyl (C=O) groups is 2. The van der Waals surface area contributed by atoms with Crippen molar-refractivity contribution in [1.29, 1.82) is 11.1 Å². The van der Waals surface area contributed by atoms with Gasteiger partial charge in [-0.1, -0.05) is 24.3 Å². The molecule has 0 atom stereocenters. The summed E-state index contributed by atoms with van der Waals surface area (Å²) in [6.45, 7) is 0.694. The second-order valence-corrected chi connectivity index (χ2v) is 5.30. The van der Waals surface area contributed by atoms with Crippen LogP contribution < -0.4 is 20.5 Å². The number of benzene rings is 2. The maximum absolute atomic E-state index is 12.2. The molecule has 2 amide bonds. The van der Waals surface area contributed by atoms with E-state index in [0.717, 1.165) is 0 Å². The molecule has 0 saturated heterocycles. The Morgan fingerprint density at radius 3 is 1.59 bits per heavy atom. The standard InChI is InChI=1S/C17H16N8O2/c18-24-22-14-8-3-1-6-12(14)16(26)20-10-5-11-21-17(27)13-7-2-4-9-15(13)23-25-19/h1-4,6-9,18-19H,5,10-11H2/p+2. The first kappa shape index (κ1) is 19.3. The zero-order chi connectivity index (χ0) is 19.5. The molecular formula is C17H18N8O2+2. The zero-order valence-corrected chi connectivity index (χ0v) is 14.3. The summed E-state index contributed by atoms with van der Waals surface area (Å²) in [5.74, 6) is -0.656. The fraction of sp³-hybridized carbons (Fsp3) is 0.176. The molecule has 0 spiro atoms. The van der Waals surface area contributed by atoms with E-state index in [-0.39, 0.29) is 11.8 Å². The molecule has 2 aromatic carbocycles. The van der Waals surface area contributed by atoms with Gasteiger partial charge in [0.05, 0.1) is 11.1 Å². The van der Waals surface area contributed by atoms with Gasteiger partial charge >= 0.3 is 0 Å². The highest BCUT2D eigenvalue weighted by Gasteiger charge is 2.14. The predicted octanol–water partition coefficient (Wildman–Crippen LogP) is 2.60. The number of amides is 2. The van der Waals surface area contributed by atoms with Crippen LogP contribution in [0.5, 0.6) is 0 Å². The Hall–Kier alpha value is -4.00. The number of rotatable bonds is 8. The van der Waals surface area contributed by atoms with Gasteiger partial charge in [0.1, 0.15) is 11.1 Å². The van der Waals surface area contributed by atoms with Crippen molar-refractivity contribution in [2.45, 2.75) is 6.42 Å². The van der Waals surface area contributed by atoms with E-state index < -0.39 is 0 Å². The maximum atomic E-state index is 12.2. The largest absolute Gasteiger partial charge is 0.352 e. The van der Waals surface area contributed by atoms with Gasteiger partial charge in [0.15, 0.2) is 21.6 Å². The molecule has 27 heavy (non-hydrogen) atoms. The topological polar surface area (TPSA) is 159 Å². The molecule has 0 aliphatic carbocycles. The molecule has 136 valence electrons. The molecule has 0 aliphatic heterocycles. The summed E-state index contributed by atoms with van der Waals surface area (Å²) in [7, 11) is 0. The fourth-order valence-corrected chi connectivity index (χ4v) is 2.30. The second-order valence-electron chi connectivity index (χ2n) is 5.30. The molecule has 0 fully saturated rings. The number of hydrogen-bond acceptors (Lipinski definition) is 6. The van der Waals surface area contributed by atoms with Crippen molar-refractivity contribution < 1.29 is 9.59 Å². The van der Waals surface area contributed by atoms with Crippen molar-refractivity contribution in [1.82, 2.24) is 20.5 Å². The van der Waals surface area contributed by atoms with Crippen LogP contribution in [0.4, 0.5) is 11.4 Å². The monoisotopic (exact) mass is 366 g/mol. The van der Waals surface area contributed by atoms with E-state index in [9.17, 15) is 9.59 Å². The molecule has 0 radical (unpaired) electrons. The third-order valence-electron chi connectivity index (χ3n) is 3.54. The van der Waals surface area contributed by atoms with Gasteiger partial charge in [-0.2, -0.15) is 0 Å². The molecule has 0 aliphatic rings. The number of carbonyl (C=O) groups excluding carboxylic acids is 2. The number of nitrogens with one attached hydrogen (secondary N) is 4. The molecule has 10 heteroatoms. The van der Waals surface area contributed by atoms with E-state index in [1.807, 2.05) is 0 Å². The van der Waals surface area contributed by atoms with Crippen LogP contribution in [0.25, 0.3) is 0 Å². The third kappa shape index (κ3) is 5.50. The summed E-state index contributed by atoms with van der Waals surface area (Å²) in [5.41, 5.74) is 14.9. The van der Waals surface area contributed by atoms with Crippen molar-refractivity contribution in [2.75, 3.05) is 13.1 Å². The fourth-order valence-electron chi connectivity index (χ4n) is 2.30. The molecule has 0 heterocycles. The molecule has 2 rings (SSSR count). The molecule has 0 saturated carbocycles. The van der Waals surface area contributed by atoms with Crippen LogP contribution in [-0.4, -0.2) is 24.9 Å². The van der Waals surface area contributed by atoms with Gasteiger partial charge in [-0.15, -0.1) is 0 Å². The summed E-state index contributed by atoms with van der Waals surface area (Å²) < 4.78 is 0. The Labute approximate surface area is 154 Å². The first-order valence-corrected chi connectivity index (χ1v) is 8.06. The summed E-state index contributed by atoms with van der Waals surface area (Å²) in [4.78, 5) is 30.2. The Morgan fingerprint density at radius 2 is 1.19 bits per heavy atom. The van der Waals surface area contributed by atoms with Crippen LogP contribution in [0.15, 0.2) is 58.8 Å². The van der Waals surface area contributed by atoms with Crippen molar-refractivity contribution in [2.24, 2.45) is 10.2 Å². The summed E-state index contributed by atoms with van der Waals surface area (Å²) >= 11 is 0. The summed E-state index contributed by atoms with van der Waals surface area (Å²) in [5, 5.41) is 12.7. The van der Waals surface area contributed by atoms with E-state index in [2.05, 4.69) is 30.7 Å². The highest BCUT2D eigenvalue weighted by molar-refractivity contribution is 5.99. The predicted molar refractivity (Wildman–Crippen MR) is 96.1 cm³/mol. The average molecular weight is 366 g/mol. The van der Waals surface area contributed by atoms with Crippen LogP contribution in [-0.2, 0) is 0 Å². The molecule has 10 nitrogen and oxygen atoms in total. The Balaban J connectivity index is 1.83. The van der Waals surface area contributed by atoms with E-state index in [0.29, 0.717) is 42.0 Å². The first-order chi connectivity index (χ1) is 13.2. The molecule has 2 aromatic rings. The van der Waals surface area contributed by atoms with E-state index in [1.165, 1.54) is 0 Å². The highest BCUT2D eigenvalue weighted by Crippen LogP contribution is 2.18. The highest BCUT2D eigenvalue weighted by atomic mass is 16.2. The van der Waals surface area contributed by atoms with Crippen molar-refractivity contribution in [3.05, 3.63) is 59.7 Å². The van der Waals surface area contributed by atoms with Crippen molar-refractivity contribution in [3.63, 3.8) is 0 Å². The quantitative estimate of drug-likeness (QED) is 0.321. The maximum Gasteiger partial charge on any atom is 0.253 e. The van der Waals surface area contributed by atoms with Crippen LogP contribution in [0.3, 0.4) is 0 Å². The lowest BCUT2D eigenvalue weighted by molar-refractivity contribution is 0.0952. The minimum atomic E-state index is -0.328. The Bertz CT molecular complexity index is 855. The van der Waals surface area contributed by atoms with Gasteiger partial charge in [0, 0.05) is 13.1 Å². The van der Waals surface area contributed by atoms with E-state index in [4.69, 9.17) is 11.1 Å². The molecular weight excluding hydrogens is 348 g/mol. The molecule has 0 unspecified atom stereocenters. The van der Waals surface area contributed by atoms with Gasteiger partial charge in [-0.25, -0.2) is 0 Å². The average Bonchev–Trinajstić information content (AvgIpc) is 2.69.